The summed E-state index contributed by atoms with van der Waals surface area (Å²) in [6.45, 7) is 0.630. The molecular weight excluding hydrogens is 467 g/mol. The average Bonchev–Trinajstić information content (AvgIpc) is 3.51. The fourth-order valence-corrected chi connectivity index (χ4v) is 5.49. The first kappa shape index (κ1) is 24.6. The van der Waals surface area contributed by atoms with Crippen molar-refractivity contribution in [2.45, 2.75) is 57.0 Å². The molecule has 5 rings (SSSR count). The highest BCUT2D eigenvalue weighted by molar-refractivity contribution is 5.90. The number of nitrogens with zero attached hydrogens (tertiary/aromatic N) is 3. The maximum absolute atomic E-state index is 12.7. The van der Waals surface area contributed by atoms with E-state index in [9.17, 15) is 13.2 Å². The third kappa shape index (κ3) is 5.51. The largest absolute Gasteiger partial charge is 0.573 e. The van der Waals surface area contributed by atoms with E-state index in [1.54, 1.807) is 18.2 Å². The number of hydrogen-bond donors (Lipinski definition) is 2. The lowest BCUT2D eigenvalue weighted by atomic mass is 9.83. The standard InChI is InChI=1S/C27H32F3N5O/c1-35(2)24-20-8-4-5-9-21(20)33-25(34-24)32-19-11-14-26(15-12-19)17-23(26)31-16-13-18-7-3-6-10-22(18)36-27(28,29)30/h3-10,19,23,31H,11-17H2,1-2H3,(H,32,33,34)/t19?,23-,26?/m1/s1. The second-order valence-corrected chi connectivity index (χ2v) is 10.2. The van der Waals surface area contributed by atoms with Crippen molar-refractivity contribution in [3.63, 3.8) is 0 Å². The maximum Gasteiger partial charge on any atom is 0.573 e. The molecule has 9 heteroatoms. The number of anilines is 2. The van der Waals surface area contributed by atoms with E-state index in [1.807, 2.05) is 43.3 Å². The van der Waals surface area contributed by atoms with Gasteiger partial charge in [0, 0.05) is 31.6 Å². The monoisotopic (exact) mass is 499 g/mol. The first-order valence-corrected chi connectivity index (χ1v) is 12.5. The lowest BCUT2D eigenvalue weighted by Crippen LogP contribution is -2.32. The van der Waals surface area contributed by atoms with Gasteiger partial charge in [0.25, 0.3) is 0 Å². The van der Waals surface area contributed by atoms with Gasteiger partial charge in [0.15, 0.2) is 0 Å². The molecule has 1 aromatic heterocycles. The summed E-state index contributed by atoms with van der Waals surface area (Å²) in [7, 11) is 3.98. The molecule has 1 heterocycles. The summed E-state index contributed by atoms with van der Waals surface area (Å²) in [5.74, 6) is 1.46. The van der Waals surface area contributed by atoms with Crippen molar-refractivity contribution in [3.05, 3.63) is 54.1 Å². The van der Waals surface area contributed by atoms with Crippen LogP contribution < -0.4 is 20.3 Å². The van der Waals surface area contributed by atoms with Crippen LogP contribution in [-0.2, 0) is 6.42 Å². The van der Waals surface area contributed by atoms with Crippen LogP contribution in [0.4, 0.5) is 24.9 Å². The minimum Gasteiger partial charge on any atom is -0.406 e. The average molecular weight is 500 g/mol. The van der Waals surface area contributed by atoms with Crippen LogP contribution in [0.3, 0.4) is 0 Å². The Bertz CT molecular complexity index is 1210. The molecule has 36 heavy (non-hydrogen) atoms. The number of alkyl halides is 3. The van der Waals surface area contributed by atoms with E-state index in [2.05, 4.69) is 15.4 Å². The van der Waals surface area contributed by atoms with E-state index in [-0.39, 0.29) is 5.75 Å². The van der Waals surface area contributed by atoms with E-state index in [1.165, 1.54) is 6.07 Å². The van der Waals surface area contributed by atoms with Crippen LogP contribution in [0.1, 0.15) is 37.7 Å². The molecule has 2 N–H and O–H groups in total. The van der Waals surface area contributed by atoms with Gasteiger partial charge in [-0.3, -0.25) is 0 Å². The first-order chi connectivity index (χ1) is 17.2. The van der Waals surface area contributed by atoms with Gasteiger partial charge in [-0.2, -0.15) is 4.98 Å². The van der Waals surface area contributed by atoms with Crippen LogP contribution in [0.25, 0.3) is 10.9 Å². The molecule has 0 unspecified atom stereocenters. The van der Waals surface area contributed by atoms with Gasteiger partial charge in [-0.25, -0.2) is 4.98 Å². The molecule has 0 aliphatic heterocycles. The molecule has 0 saturated heterocycles. The molecule has 192 valence electrons. The zero-order valence-electron chi connectivity index (χ0n) is 20.6. The lowest BCUT2D eigenvalue weighted by molar-refractivity contribution is -0.274. The summed E-state index contributed by atoms with van der Waals surface area (Å²) in [6.07, 6.45) is 1.27. The van der Waals surface area contributed by atoms with Gasteiger partial charge >= 0.3 is 6.36 Å². The predicted molar refractivity (Wildman–Crippen MR) is 135 cm³/mol. The first-order valence-electron chi connectivity index (χ1n) is 12.5. The second kappa shape index (κ2) is 9.76. The lowest BCUT2D eigenvalue weighted by Gasteiger charge is -2.30. The highest BCUT2D eigenvalue weighted by atomic mass is 19.4. The smallest absolute Gasteiger partial charge is 0.406 e. The van der Waals surface area contributed by atoms with Crippen molar-refractivity contribution in [2.75, 3.05) is 30.9 Å². The van der Waals surface area contributed by atoms with Crippen LogP contribution in [0.5, 0.6) is 5.75 Å². The fourth-order valence-electron chi connectivity index (χ4n) is 5.49. The van der Waals surface area contributed by atoms with Crippen molar-refractivity contribution in [2.24, 2.45) is 5.41 Å². The van der Waals surface area contributed by atoms with Crippen LogP contribution in [0.15, 0.2) is 48.5 Å². The molecule has 1 spiro atoms. The number of aromatic nitrogens is 2. The Labute approximate surface area is 209 Å². The van der Waals surface area contributed by atoms with Gasteiger partial charge in [0.1, 0.15) is 11.6 Å². The van der Waals surface area contributed by atoms with E-state index < -0.39 is 6.36 Å². The van der Waals surface area contributed by atoms with Gasteiger partial charge in [0.05, 0.1) is 5.52 Å². The van der Waals surface area contributed by atoms with Crippen LogP contribution in [0, 0.1) is 5.41 Å². The Kier molecular flexibility index (Phi) is 6.68. The zero-order chi connectivity index (χ0) is 25.3. The molecule has 2 aromatic carbocycles. The number of fused-ring (bicyclic) bond motifs is 1. The van der Waals surface area contributed by atoms with E-state index >= 15 is 0 Å². The Morgan fingerprint density at radius 1 is 1.03 bits per heavy atom. The summed E-state index contributed by atoms with van der Waals surface area (Å²) < 4.78 is 42.2. The van der Waals surface area contributed by atoms with Crippen molar-refractivity contribution in [1.29, 1.82) is 0 Å². The third-order valence-corrected chi connectivity index (χ3v) is 7.49. The third-order valence-electron chi connectivity index (χ3n) is 7.49. The van der Waals surface area contributed by atoms with Gasteiger partial charge in [-0.1, -0.05) is 30.3 Å². The van der Waals surface area contributed by atoms with Crippen LogP contribution >= 0.6 is 0 Å². The van der Waals surface area contributed by atoms with Crippen molar-refractivity contribution < 1.29 is 17.9 Å². The maximum atomic E-state index is 12.7. The molecule has 2 saturated carbocycles. The topological polar surface area (TPSA) is 62.3 Å². The predicted octanol–water partition coefficient (Wildman–Crippen LogP) is 5.54. The summed E-state index contributed by atoms with van der Waals surface area (Å²) in [6, 6.07) is 15.2. The molecule has 2 aliphatic carbocycles. The molecule has 3 aromatic rings. The molecule has 0 radical (unpaired) electrons. The normalized spacial score (nSPS) is 23.6. The van der Waals surface area contributed by atoms with E-state index in [0.717, 1.165) is 48.8 Å². The Balaban J connectivity index is 1.12. The van der Waals surface area contributed by atoms with Crippen LogP contribution in [-0.4, -0.2) is 49.1 Å². The number of ether oxygens (including phenoxy) is 1. The molecule has 2 fully saturated rings. The number of rotatable bonds is 8. The van der Waals surface area contributed by atoms with E-state index in [0.29, 0.717) is 42.0 Å². The minimum absolute atomic E-state index is 0.114. The van der Waals surface area contributed by atoms with Gasteiger partial charge in [-0.05, 0) is 74.2 Å². The number of halogens is 3. The molecule has 0 bridgehead atoms. The number of hydrogen-bond acceptors (Lipinski definition) is 6. The molecule has 1 atom stereocenters. The van der Waals surface area contributed by atoms with Gasteiger partial charge in [-0.15, -0.1) is 13.2 Å². The Morgan fingerprint density at radius 3 is 2.50 bits per heavy atom. The fraction of sp³-hybridized carbons (Fsp3) is 0.481. The summed E-state index contributed by atoms with van der Waals surface area (Å²) >= 11 is 0. The van der Waals surface area contributed by atoms with Crippen LogP contribution in [0.2, 0.25) is 0 Å². The SMILES string of the molecule is CN(C)c1nc(NC2CCC3(CC2)C[C@H]3NCCc2ccccc2OC(F)(F)F)nc2ccccc12. The van der Waals surface area contributed by atoms with E-state index in [4.69, 9.17) is 9.97 Å². The number of para-hydroxylation sites is 2. The molecule has 2 aliphatic rings. The molecule has 0 amide bonds. The second-order valence-electron chi connectivity index (χ2n) is 10.2. The van der Waals surface area contributed by atoms with Crippen molar-refractivity contribution in [1.82, 2.24) is 15.3 Å². The van der Waals surface area contributed by atoms with Gasteiger partial charge in [0.2, 0.25) is 5.95 Å². The van der Waals surface area contributed by atoms with Crippen molar-refractivity contribution in [3.8, 4) is 5.75 Å². The summed E-state index contributed by atoms with van der Waals surface area (Å²) in [5.41, 5.74) is 1.80. The summed E-state index contributed by atoms with van der Waals surface area (Å²) in [5, 5.41) is 8.17. The Morgan fingerprint density at radius 2 is 1.75 bits per heavy atom. The highest BCUT2D eigenvalue weighted by Gasteiger charge is 2.54. The quantitative estimate of drug-likeness (QED) is 0.424. The minimum atomic E-state index is -4.68. The number of nitrogens with one attached hydrogen (secondary N) is 2. The molecular formula is C27H32F3N5O. The van der Waals surface area contributed by atoms with Gasteiger partial charge < -0.3 is 20.3 Å². The highest BCUT2D eigenvalue weighted by Crippen LogP contribution is 2.56. The molecule has 6 nitrogen and oxygen atoms in total. The zero-order valence-corrected chi connectivity index (χ0v) is 20.6. The number of benzene rings is 2. The van der Waals surface area contributed by atoms with Crippen molar-refractivity contribution >= 4 is 22.7 Å². The summed E-state index contributed by atoms with van der Waals surface area (Å²) in [4.78, 5) is 11.5. The Hall–Kier alpha value is -3.07.